The van der Waals surface area contributed by atoms with Crippen molar-refractivity contribution in [2.45, 2.75) is 38.6 Å². The third-order valence-corrected chi connectivity index (χ3v) is 6.36. The third-order valence-electron chi connectivity index (χ3n) is 5.36. The van der Waals surface area contributed by atoms with Crippen LogP contribution in [-0.4, -0.2) is 17.4 Å². The van der Waals surface area contributed by atoms with Gasteiger partial charge in [-0.15, -0.1) is 11.3 Å². The molecule has 106 valence electrons. The molecular formula is C17H21NOS. The summed E-state index contributed by atoms with van der Waals surface area (Å²) >= 11 is 1.85. The second-order valence-corrected chi connectivity index (χ2v) is 7.39. The molecule has 2 heterocycles. The van der Waals surface area contributed by atoms with Gasteiger partial charge in [-0.3, -0.25) is 4.79 Å². The number of fused-ring (bicyclic) bond motifs is 3. The number of thiophene rings is 1. The van der Waals surface area contributed by atoms with Crippen LogP contribution in [0.2, 0.25) is 0 Å². The monoisotopic (exact) mass is 287 g/mol. The normalized spacial score (nSPS) is 34.5. The number of amides is 1. The highest BCUT2D eigenvalue weighted by Crippen LogP contribution is 2.46. The highest BCUT2D eigenvalue weighted by atomic mass is 32.1. The summed E-state index contributed by atoms with van der Waals surface area (Å²) in [6, 6.07) is 2.55. The summed E-state index contributed by atoms with van der Waals surface area (Å²) in [5, 5.41) is 2.18. The molecule has 1 aliphatic heterocycles. The van der Waals surface area contributed by atoms with Crippen molar-refractivity contribution < 1.29 is 4.79 Å². The maximum absolute atomic E-state index is 13.0. The van der Waals surface area contributed by atoms with E-state index in [-0.39, 0.29) is 5.92 Å². The first kappa shape index (κ1) is 12.6. The van der Waals surface area contributed by atoms with Crippen LogP contribution in [0.1, 0.15) is 42.7 Å². The van der Waals surface area contributed by atoms with Crippen molar-refractivity contribution >= 4 is 17.2 Å². The average molecular weight is 287 g/mol. The van der Waals surface area contributed by atoms with Crippen LogP contribution in [0.5, 0.6) is 0 Å². The maximum Gasteiger partial charge on any atom is 0.226 e. The van der Waals surface area contributed by atoms with Crippen molar-refractivity contribution in [2.24, 2.45) is 17.8 Å². The van der Waals surface area contributed by atoms with E-state index in [1.807, 2.05) is 11.3 Å². The molecule has 1 aromatic rings. The van der Waals surface area contributed by atoms with Crippen LogP contribution >= 0.6 is 11.3 Å². The van der Waals surface area contributed by atoms with Gasteiger partial charge in [0.05, 0.1) is 6.04 Å². The third kappa shape index (κ3) is 1.79. The number of carbonyl (C=O) groups is 1. The molecule has 0 N–H and O–H groups in total. The van der Waals surface area contributed by atoms with E-state index in [0.29, 0.717) is 23.8 Å². The summed E-state index contributed by atoms with van der Waals surface area (Å²) in [6.45, 7) is 3.13. The number of hydrogen-bond donors (Lipinski definition) is 0. The molecule has 3 aliphatic rings. The van der Waals surface area contributed by atoms with Crippen molar-refractivity contribution in [3.63, 3.8) is 0 Å². The number of nitrogens with zero attached hydrogens (tertiary/aromatic N) is 1. The molecule has 1 fully saturated rings. The van der Waals surface area contributed by atoms with Gasteiger partial charge < -0.3 is 4.90 Å². The molecule has 0 spiro atoms. The molecule has 3 heteroatoms. The predicted molar refractivity (Wildman–Crippen MR) is 81.6 cm³/mol. The molecule has 2 aliphatic carbocycles. The molecular weight excluding hydrogens is 266 g/mol. The Labute approximate surface area is 124 Å². The lowest BCUT2D eigenvalue weighted by Gasteiger charge is -2.38. The SMILES string of the molecule is CC[C@H]1c2ccsc2CCN1C(=O)[C@H]1C[C@H]2C=C[C@H]1C2. The number of carbonyl (C=O) groups excluding carboxylic acids is 1. The van der Waals surface area contributed by atoms with Crippen molar-refractivity contribution in [3.8, 4) is 0 Å². The van der Waals surface area contributed by atoms with Gasteiger partial charge in [-0.25, -0.2) is 0 Å². The molecule has 4 atom stereocenters. The van der Waals surface area contributed by atoms with Crippen LogP contribution < -0.4 is 0 Å². The van der Waals surface area contributed by atoms with E-state index in [2.05, 4.69) is 35.4 Å². The van der Waals surface area contributed by atoms with Crippen LogP contribution in [0, 0.1) is 17.8 Å². The van der Waals surface area contributed by atoms with E-state index in [1.54, 1.807) is 0 Å². The second-order valence-electron chi connectivity index (χ2n) is 6.39. The Morgan fingerprint density at radius 1 is 1.40 bits per heavy atom. The first-order valence-corrected chi connectivity index (χ1v) is 8.71. The van der Waals surface area contributed by atoms with Gasteiger partial charge in [0.1, 0.15) is 0 Å². The van der Waals surface area contributed by atoms with Crippen LogP contribution in [0.4, 0.5) is 0 Å². The van der Waals surface area contributed by atoms with Crippen LogP contribution in [0.3, 0.4) is 0 Å². The highest BCUT2D eigenvalue weighted by molar-refractivity contribution is 7.10. The van der Waals surface area contributed by atoms with Crippen molar-refractivity contribution in [1.29, 1.82) is 0 Å². The Balaban J connectivity index is 1.59. The maximum atomic E-state index is 13.0. The van der Waals surface area contributed by atoms with Crippen LogP contribution in [0.15, 0.2) is 23.6 Å². The van der Waals surface area contributed by atoms with Crippen molar-refractivity contribution in [2.75, 3.05) is 6.54 Å². The summed E-state index contributed by atoms with van der Waals surface area (Å²) < 4.78 is 0. The zero-order chi connectivity index (χ0) is 13.7. The van der Waals surface area contributed by atoms with E-state index in [0.717, 1.165) is 25.8 Å². The summed E-state index contributed by atoms with van der Waals surface area (Å²) in [5.41, 5.74) is 1.41. The Morgan fingerprint density at radius 2 is 2.30 bits per heavy atom. The van der Waals surface area contributed by atoms with Gasteiger partial charge in [0.25, 0.3) is 0 Å². The first-order chi connectivity index (χ1) is 9.78. The Morgan fingerprint density at radius 3 is 3.00 bits per heavy atom. The summed E-state index contributed by atoms with van der Waals surface area (Å²) in [6.07, 6.45) is 8.99. The van der Waals surface area contributed by atoms with Crippen molar-refractivity contribution in [1.82, 2.24) is 4.90 Å². The lowest BCUT2D eigenvalue weighted by atomic mass is 9.89. The average Bonchev–Trinajstić information content (AvgIpc) is 3.20. The number of allylic oxidation sites excluding steroid dienone is 2. The largest absolute Gasteiger partial charge is 0.335 e. The Hall–Kier alpha value is -1.09. The summed E-state index contributed by atoms with van der Waals surface area (Å²) in [5.74, 6) is 1.88. The minimum Gasteiger partial charge on any atom is -0.335 e. The quantitative estimate of drug-likeness (QED) is 0.758. The molecule has 0 unspecified atom stereocenters. The summed E-state index contributed by atoms with van der Waals surface area (Å²) in [7, 11) is 0. The number of hydrogen-bond acceptors (Lipinski definition) is 2. The summed E-state index contributed by atoms with van der Waals surface area (Å²) in [4.78, 5) is 16.7. The molecule has 2 bridgehead atoms. The molecule has 2 nitrogen and oxygen atoms in total. The predicted octanol–water partition coefficient (Wildman–Crippen LogP) is 3.80. The van der Waals surface area contributed by atoms with Gasteiger partial charge >= 0.3 is 0 Å². The molecule has 1 saturated carbocycles. The second kappa shape index (κ2) is 4.73. The van der Waals surface area contributed by atoms with E-state index in [4.69, 9.17) is 0 Å². The van der Waals surface area contributed by atoms with Crippen molar-refractivity contribution in [3.05, 3.63) is 34.0 Å². The Bertz CT molecular complexity index is 561. The fraction of sp³-hybridized carbons (Fsp3) is 0.588. The lowest BCUT2D eigenvalue weighted by molar-refractivity contribution is -0.139. The lowest BCUT2D eigenvalue weighted by Crippen LogP contribution is -2.43. The molecule has 1 amide bonds. The molecule has 4 rings (SSSR count). The van der Waals surface area contributed by atoms with E-state index < -0.39 is 0 Å². The van der Waals surface area contributed by atoms with E-state index >= 15 is 0 Å². The minimum absolute atomic E-state index is 0.263. The van der Waals surface area contributed by atoms with E-state index in [9.17, 15) is 4.79 Å². The first-order valence-electron chi connectivity index (χ1n) is 7.83. The molecule has 0 aromatic carbocycles. The Kier molecular flexibility index (Phi) is 2.99. The fourth-order valence-corrected chi connectivity index (χ4v) is 5.31. The van der Waals surface area contributed by atoms with Gasteiger partial charge in [-0.05, 0) is 54.5 Å². The standard InChI is InChI=1S/C17H21NOS/c1-2-15-13-6-8-20-16(13)5-7-18(15)17(19)14-10-11-3-4-12(14)9-11/h3-4,6,8,11-12,14-15H,2,5,7,9-10H2,1H3/t11-,12-,14-,15-/m0/s1. The highest BCUT2D eigenvalue weighted by Gasteiger charge is 2.43. The van der Waals surface area contributed by atoms with Gasteiger partial charge in [0.2, 0.25) is 5.91 Å². The zero-order valence-electron chi connectivity index (χ0n) is 11.9. The number of rotatable bonds is 2. The van der Waals surface area contributed by atoms with Gasteiger partial charge in [0, 0.05) is 17.3 Å². The van der Waals surface area contributed by atoms with Gasteiger partial charge in [-0.1, -0.05) is 19.1 Å². The smallest absolute Gasteiger partial charge is 0.226 e. The van der Waals surface area contributed by atoms with Gasteiger partial charge in [0.15, 0.2) is 0 Å². The topological polar surface area (TPSA) is 20.3 Å². The van der Waals surface area contributed by atoms with Crippen LogP contribution in [0.25, 0.3) is 0 Å². The fourth-order valence-electron chi connectivity index (χ4n) is 4.38. The van der Waals surface area contributed by atoms with Crippen LogP contribution in [-0.2, 0) is 11.2 Å². The van der Waals surface area contributed by atoms with E-state index in [1.165, 1.54) is 16.9 Å². The molecule has 0 radical (unpaired) electrons. The minimum atomic E-state index is 0.263. The molecule has 1 aromatic heterocycles. The molecule has 0 saturated heterocycles. The molecule has 20 heavy (non-hydrogen) atoms. The zero-order valence-corrected chi connectivity index (χ0v) is 12.7. The van der Waals surface area contributed by atoms with Gasteiger partial charge in [-0.2, -0.15) is 0 Å².